The van der Waals surface area contributed by atoms with Crippen molar-refractivity contribution in [3.05, 3.63) is 28.2 Å². The molecule has 0 aliphatic heterocycles. The lowest BCUT2D eigenvalue weighted by atomic mass is 10.2. The zero-order valence-electron chi connectivity index (χ0n) is 10.4. The summed E-state index contributed by atoms with van der Waals surface area (Å²) in [6, 6.07) is 5.65. The van der Waals surface area contributed by atoms with Gasteiger partial charge in [-0.2, -0.15) is 0 Å². The molecule has 0 spiro atoms. The summed E-state index contributed by atoms with van der Waals surface area (Å²) in [7, 11) is -2.92. The van der Waals surface area contributed by atoms with Gasteiger partial charge in [0.05, 0.1) is 16.8 Å². The number of sulfone groups is 1. The quantitative estimate of drug-likeness (QED) is 0.775. The van der Waals surface area contributed by atoms with Crippen LogP contribution in [0.2, 0.25) is 0 Å². The molecule has 0 unspecified atom stereocenters. The minimum atomic E-state index is -2.92. The first kappa shape index (κ1) is 15.5. The molecule has 0 bridgehead atoms. The van der Waals surface area contributed by atoms with Crippen LogP contribution in [0, 0.1) is 0 Å². The van der Waals surface area contributed by atoms with Crippen LogP contribution < -0.4 is 10.5 Å². The Labute approximate surface area is 117 Å². The highest BCUT2D eigenvalue weighted by Crippen LogP contribution is 2.28. The van der Waals surface area contributed by atoms with Crippen molar-refractivity contribution in [2.45, 2.75) is 19.9 Å². The van der Waals surface area contributed by atoms with Crippen molar-refractivity contribution >= 4 is 25.8 Å². The number of benzene rings is 1. The first-order valence-corrected chi connectivity index (χ1v) is 8.42. The Bertz CT molecular complexity index is 488. The second kappa shape index (κ2) is 7.11. The fraction of sp³-hybridized carbons (Fsp3) is 0.500. The summed E-state index contributed by atoms with van der Waals surface area (Å²) in [6.07, 6.45) is 0.488. The molecule has 0 aliphatic rings. The van der Waals surface area contributed by atoms with Crippen molar-refractivity contribution in [1.82, 2.24) is 0 Å². The maximum Gasteiger partial charge on any atom is 0.150 e. The average molecular weight is 336 g/mol. The van der Waals surface area contributed by atoms with E-state index in [2.05, 4.69) is 15.9 Å². The summed E-state index contributed by atoms with van der Waals surface area (Å²) >= 11 is 3.39. The molecule has 4 nitrogen and oxygen atoms in total. The van der Waals surface area contributed by atoms with Crippen LogP contribution in [0.15, 0.2) is 22.7 Å². The van der Waals surface area contributed by atoms with Crippen LogP contribution in [-0.4, -0.2) is 26.5 Å². The topological polar surface area (TPSA) is 69.4 Å². The van der Waals surface area contributed by atoms with E-state index in [1.165, 1.54) is 0 Å². The van der Waals surface area contributed by atoms with E-state index in [0.29, 0.717) is 25.3 Å². The van der Waals surface area contributed by atoms with Crippen LogP contribution in [-0.2, 0) is 16.4 Å². The van der Waals surface area contributed by atoms with E-state index in [1.807, 2.05) is 18.2 Å². The molecule has 0 heterocycles. The van der Waals surface area contributed by atoms with Crippen molar-refractivity contribution in [3.8, 4) is 5.75 Å². The second-order valence-corrected chi connectivity index (χ2v) is 7.20. The maximum atomic E-state index is 11.3. The summed E-state index contributed by atoms with van der Waals surface area (Å²) < 4.78 is 29.1. The number of rotatable bonds is 7. The first-order chi connectivity index (χ1) is 8.50. The fourth-order valence-corrected chi connectivity index (χ4v) is 2.84. The molecule has 0 saturated heterocycles. The lowest BCUT2D eigenvalue weighted by molar-refractivity contribution is 0.312. The fourth-order valence-electron chi connectivity index (χ4n) is 1.47. The lowest BCUT2D eigenvalue weighted by Gasteiger charge is -2.12. The molecule has 0 aromatic heterocycles. The van der Waals surface area contributed by atoms with E-state index in [-0.39, 0.29) is 11.5 Å². The summed E-state index contributed by atoms with van der Waals surface area (Å²) in [6.45, 7) is 2.41. The SMILES string of the molecule is CCS(=O)(=O)CCCOc1c(Br)cccc1CN. The normalized spacial score (nSPS) is 11.5. The molecule has 1 aromatic rings. The van der Waals surface area contributed by atoms with E-state index in [9.17, 15) is 8.42 Å². The number of halogens is 1. The van der Waals surface area contributed by atoms with Gasteiger partial charge in [-0.1, -0.05) is 19.1 Å². The molecule has 1 rings (SSSR count). The number of hydrogen-bond donors (Lipinski definition) is 1. The molecule has 18 heavy (non-hydrogen) atoms. The second-order valence-electron chi connectivity index (χ2n) is 3.87. The third-order valence-corrected chi connectivity index (χ3v) is 4.97. The molecule has 0 aliphatic carbocycles. The highest BCUT2D eigenvalue weighted by Gasteiger charge is 2.09. The van der Waals surface area contributed by atoms with Gasteiger partial charge in [-0.05, 0) is 28.4 Å². The number of para-hydroxylation sites is 1. The molecule has 6 heteroatoms. The Hall–Kier alpha value is -0.590. The maximum absolute atomic E-state index is 11.3. The minimum absolute atomic E-state index is 0.159. The molecule has 2 N–H and O–H groups in total. The predicted molar refractivity (Wildman–Crippen MR) is 76.5 cm³/mol. The molecule has 0 atom stereocenters. The van der Waals surface area contributed by atoms with E-state index in [0.717, 1.165) is 10.0 Å². The van der Waals surface area contributed by atoms with E-state index in [1.54, 1.807) is 6.92 Å². The van der Waals surface area contributed by atoms with Gasteiger partial charge in [-0.15, -0.1) is 0 Å². The molecular weight excluding hydrogens is 318 g/mol. The summed E-state index contributed by atoms with van der Waals surface area (Å²) in [5.74, 6) is 1.04. The summed E-state index contributed by atoms with van der Waals surface area (Å²) in [5, 5.41) is 0. The number of ether oxygens (including phenoxy) is 1. The van der Waals surface area contributed by atoms with Crippen LogP contribution >= 0.6 is 15.9 Å². The van der Waals surface area contributed by atoms with Crippen molar-refractivity contribution in [2.24, 2.45) is 5.73 Å². The highest BCUT2D eigenvalue weighted by atomic mass is 79.9. The first-order valence-electron chi connectivity index (χ1n) is 5.81. The van der Waals surface area contributed by atoms with Crippen molar-refractivity contribution in [1.29, 1.82) is 0 Å². The van der Waals surface area contributed by atoms with Gasteiger partial charge in [-0.3, -0.25) is 0 Å². The molecule has 0 amide bonds. The smallest absolute Gasteiger partial charge is 0.150 e. The van der Waals surface area contributed by atoms with E-state index >= 15 is 0 Å². The molecule has 102 valence electrons. The third-order valence-electron chi connectivity index (χ3n) is 2.55. The van der Waals surface area contributed by atoms with Gasteiger partial charge in [0.25, 0.3) is 0 Å². The van der Waals surface area contributed by atoms with Gasteiger partial charge in [-0.25, -0.2) is 8.42 Å². The summed E-state index contributed by atoms with van der Waals surface area (Å²) in [4.78, 5) is 0. The Morgan fingerprint density at radius 2 is 2.11 bits per heavy atom. The number of nitrogens with two attached hydrogens (primary N) is 1. The number of hydrogen-bond acceptors (Lipinski definition) is 4. The minimum Gasteiger partial charge on any atom is -0.492 e. The third kappa shape index (κ3) is 4.59. The largest absolute Gasteiger partial charge is 0.492 e. The van der Waals surface area contributed by atoms with Crippen LogP contribution in [0.1, 0.15) is 18.9 Å². The van der Waals surface area contributed by atoms with Crippen molar-refractivity contribution in [2.75, 3.05) is 18.1 Å². The average Bonchev–Trinajstić information content (AvgIpc) is 2.36. The molecule has 0 saturated carbocycles. The van der Waals surface area contributed by atoms with Gasteiger partial charge < -0.3 is 10.5 Å². The molecule has 0 radical (unpaired) electrons. The lowest BCUT2D eigenvalue weighted by Crippen LogP contribution is -2.12. The standard InChI is InChI=1S/C12H18BrNO3S/c1-2-18(15,16)8-4-7-17-12-10(9-14)5-3-6-11(12)13/h3,5-6H,2,4,7-9,14H2,1H3. The van der Waals surface area contributed by atoms with Crippen LogP contribution in [0.4, 0.5) is 0 Å². The summed E-state index contributed by atoms with van der Waals surface area (Å²) in [5.41, 5.74) is 6.52. The molecule has 1 aromatic carbocycles. The van der Waals surface area contributed by atoms with Crippen LogP contribution in [0.3, 0.4) is 0 Å². The van der Waals surface area contributed by atoms with Gasteiger partial charge in [0.15, 0.2) is 0 Å². The Morgan fingerprint density at radius 1 is 1.39 bits per heavy atom. The van der Waals surface area contributed by atoms with Gasteiger partial charge in [0.2, 0.25) is 0 Å². The van der Waals surface area contributed by atoms with Crippen LogP contribution in [0.25, 0.3) is 0 Å². The highest BCUT2D eigenvalue weighted by molar-refractivity contribution is 9.10. The molecule has 0 fully saturated rings. The van der Waals surface area contributed by atoms with Gasteiger partial charge >= 0.3 is 0 Å². The predicted octanol–water partition coefficient (Wildman–Crippen LogP) is 2.11. The van der Waals surface area contributed by atoms with Gasteiger partial charge in [0.1, 0.15) is 15.6 Å². The van der Waals surface area contributed by atoms with Gasteiger partial charge in [0, 0.05) is 17.9 Å². The van der Waals surface area contributed by atoms with E-state index < -0.39 is 9.84 Å². The monoisotopic (exact) mass is 335 g/mol. The zero-order chi connectivity index (χ0) is 13.6. The van der Waals surface area contributed by atoms with Crippen LogP contribution in [0.5, 0.6) is 5.75 Å². The molecular formula is C12H18BrNO3S. The Morgan fingerprint density at radius 3 is 2.72 bits per heavy atom. The Kier molecular flexibility index (Phi) is 6.11. The Balaban J connectivity index is 2.54. The van der Waals surface area contributed by atoms with Crippen molar-refractivity contribution < 1.29 is 13.2 Å². The van der Waals surface area contributed by atoms with Crippen molar-refractivity contribution in [3.63, 3.8) is 0 Å². The zero-order valence-corrected chi connectivity index (χ0v) is 12.8. The van der Waals surface area contributed by atoms with E-state index in [4.69, 9.17) is 10.5 Å².